The second kappa shape index (κ2) is 8.36. The number of para-hydroxylation sites is 1. The standard InChI is InChI=1S/C27H35N4OP/c1-20-12-11-15-23(21(20)2)29-33(32)26-24(28-31(33)22-13-7-5-8-14-22)18-27(3,4)19-25(26)30-16-9-6-10-17-30/h5,7-8,11-15H,6,9-10,16-19H2,1-4H3,(H,29,32)/t33-/m1/s1. The summed E-state index contributed by atoms with van der Waals surface area (Å²) in [4.78, 5) is 2.50. The average molecular weight is 463 g/mol. The summed E-state index contributed by atoms with van der Waals surface area (Å²) in [6.07, 6.45) is 5.43. The molecular weight excluding hydrogens is 427 g/mol. The highest BCUT2D eigenvalue weighted by Crippen LogP contribution is 2.66. The number of benzene rings is 2. The molecule has 0 bridgehead atoms. The topological polar surface area (TPSA) is 47.9 Å². The summed E-state index contributed by atoms with van der Waals surface area (Å²) in [7, 11) is -3.26. The van der Waals surface area contributed by atoms with E-state index in [9.17, 15) is 0 Å². The number of likely N-dealkylation sites (tertiary alicyclic amines) is 1. The molecule has 174 valence electrons. The second-order valence-corrected chi connectivity index (χ2v) is 12.7. The molecule has 1 atom stereocenters. The summed E-state index contributed by atoms with van der Waals surface area (Å²) in [6, 6.07) is 16.2. The van der Waals surface area contributed by atoms with E-state index in [1.165, 1.54) is 30.5 Å². The molecule has 6 heteroatoms. The quantitative estimate of drug-likeness (QED) is 0.484. The maximum absolute atomic E-state index is 15.2. The second-order valence-electron chi connectivity index (χ2n) is 10.5. The molecular formula is C27H35N4OP. The van der Waals surface area contributed by atoms with Crippen LogP contribution in [0.15, 0.2) is 64.6 Å². The number of fused-ring (bicyclic) bond motifs is 1. The van der Waals surface area contributed by atoms with Gasteiger partial charge < -0.3 is 9.99 Å². The van der Waals surface area contributed by atoms with E-state index in [1.807, 2.05) is 42.5 Å². The molecule has 1 fully saturated rings. The third-order valence-corrected chi connectivity index (χ3v) is 9.75. The number of hydrogen-bond donors (Lipinski definition) is 1. The number of allylic oxidation sites excluding steroid dienone is 2. The first-order chi connectivity index (χ1) is 15.8. The SMILES string of the molecule is Cc1cccc(N[P@]2(=O)C3=C(N4CCCCC4)CC(C)(C)CC3=NN2c2ccccc2)c1C. The van der Waals surface area contributed by atoms with Gasteiger partial charge in [0.05, 0.1) is 16.7 Å². The maximum Gasteiger partial charge on any atom is 0.313 e. The van der Waals surface area contributed by atoms with E-state index in [-0.39, 0.29) is 5.41 Å². The largest absolute Gasteiger partial charge is 0.374 e. The zero-order valence-electron chi connectivity index (χ0n) is 20.3. The molecule has 5 nitrogen and oxygen atoms in total. The highest BCUT2D eigenvalue weighted by atomic mass is 31.2. The highest BCUT2D eigenvalue weighted by molar-refractivity contribution is 7.73. The summed E-state index contributed by atoms with van der Waals surface area (Å²) in [5.41, 5.74) is 6.42. The van der Waals surface area contributed by atoms with Gasteiger partial charge in [-0.1, -0.05) is 44.2 Å². The Bertz CT molecular complexity index is 1160. The third-order valence-electron chi connectivity index (χ3n) is 7.23. The lowest BCUT2D eigenvalue weighted by Crippen LogP contribution is -2.36. The van der Waals surface area contributed by atoms with Crippen LogP contribution >= 0.6 is 7.44 Å². The van der Waals surface area contributed by atoms with Gasteiger partial charge in [0, 0.05) is 24.5 Å². The smallest absolute Gasteiger partial charge is 0.313 e. The zero-order chi connectivity index (χ0) is 23.2. The number of hydrazone groups is 1. The normalized spacial score (nSPS) is 24.5. The molecule has 33 heavy (non-hydrogen) atoms. The van der Waals surface area contributed by atoms with E-state index >= 15 is 4.57 Å². The van der Waals surface area contributed by atoms with Crippen LogP contribution < -0.4 is 9.87 Å². The molecule has 0 aromatic heterocycles. The summed E-state index contributed by atoms with van der Waals surface area (Å²) in [6.45, 7) is 10.9. The lowest BCUT2D eigenvalue weighted by Gasteiger charge is -2.41. The first kappa shape index (κ1) is 22.3. The van der Waals surface area contributed by atoms with Gasteiger partial charge in [-0.25, -0.2) is 0 Å². The monoisotopic (exact) mass is 462 g/mol. The third kappa shape index (κ3) is 4.01. The predicted octanol–water partition coefficient (Wildman–Crippen LogP) is 7.30. The lowest BCUT2D eigenvalue weighted by molar-refractivity contribution is 0.240. The predicted molar refractivity (Wildman–Crippen MR) is 139 cm³/mol. The minimum Gasteiger partial charge on any atom is -0.374 e. The maximum atomic E-state index is 15.2. The molecule has 5 rings (SSSR count). The van der Waals surface area contributed by atoms with Crippen molar-refractivity contribution >= 4 is 24.5 Å². The van der Waals surface area contributed by atoms with Gasteiger partial charge in [-0.15, -0.1) is 0 Å². The van der Waals surface area contributed by atoms with Crippen molar-refractivity contribution < 1.29 is 4.57 Å². The van der Waals surface area contributed by atoms with E-state index < -0.39 is 7.44 Å². The van der Waals surface area contributed by atoms with Crippen LogP contribution in [0.4, 0.5) is 11.4 Å². The molecule has 2 aromatic carbocycles. The van der Waals surface area contributed by atoms with Crippen LogP contribution in [0.3, 0.4) is 0 Å². The summed E-state index contributed by atoms with van der Waals surface area (Å²) >= 11 is 0. The molecule has 3 aliphatic rings. The molecule has 0 spiro atoms. The van der Waals surface area contributed by atoms with Gasteiger partial charge in [-0.3, -0.25) is 4.57 Å². The van der Waals surface area contributed by atoms with Crippen LogP contribution in [0.5, 0.6) is 0 Å². The van der Waals surface area contributed by atoms with Crippen molar-refractivity contribution in [3.05, 3.63) is 70.7 Å². The van der Waals surface area contributed by atoms with Crippen molar-refractivity contribution in [3.63, 3.8) is 0 Å². The molecule has 1 saturated heterocycles. The van der Waals surface area contributed by atoms with Gasteiger partial charge in [0.25, 0.3) is 0 Å². The van der Waals surface area contributed by atoms with Gasteiger partial charge in [0.2, 0.25) is 0 Å². The number of hydrogen-bond acceptors (Lipinski definition) is 3. The van der Waals surface area contributed by atoms with E-state index in [2.05, 4.69) is 43.7 Å². The Labute approximate surface area is 198 Å². The average Bonchev–Trinajstić information content (AvgIpc) is 3.08. The van der Waals surface area contributed by atoms with Crippen LogP contribution in [-0.2, 0) is 4.57 Å². The Morgan fingerprint density at radius 1 is 0.939 bits per heavy atom. The van der Waals surface area contributed by atoms with Crippen molar-refractivity contribution in [2.45, 2.75) is 59.8 Å². The van der Waals surface area contributed by atoms with Crippen molar-refractivity contribution in [1.82, 2.24) is 4.90 Å². The summed E-state index contributed by atoms with van der Waals surface area (Å²) in [5, 5.41) is 9.57. The fraction of sp³-hybridized carbons (Fsp3) is 0.444. The van der Waals surface area contributed by atoms with Crippen molar-refractivity contribution in [2.24, 2.45) is 10.5 Å². The Balaban J connectivity index is 1.70. The van der Waals surface area contributed by atoms with Gasteiger partial charge in [-0.05, 0) is 80.7 Å². The van der Waals surface area contributed by atoms with Crippen molar-refractivity contribution in [2.75, 3.05) is 23.0 Å². The van der Waals surface area contributed by atoms with Gasteiger partial charge >= 0.3 is 7.44 Å². The number of nitrogens with one attached hydrogen (secondary N) is 1. The van der Waals surface area contributed by atoms with Gasteiger partial charge in [0.15, 0.2) is 0 Å². The van der Waals surface area contributed by atoms with E-state index in [0.29, 0.717) is 0 Å². The van der Waals surface area contributed by atoms with E-state index in [0.717, 1.165) is 53.9 Å². The molecule has 1 N–H and O–H groups in total. The zero-order valence-corrected chi connectivity index (χ0v) is 21.2. The number of piperidine rings is 1. The van der Waals surface area contributed by atoms with Gasteiger partial charge in [-0.2, -0.15) is 9.88 Å². The highest BCUT2D eigenvalue weighted by Gasteiger charge is 2.50. The minimum absolute atomic E-state index is 0.0892. The van der Waals surface area contributed by atoms with Gasteiger partial charge in [0.1, 0.15) is 0 Å². The van der Waals surface area contributed by atoms with Crippen LogP contribution in [0, 0.1) is 19.3 Å². The summed E-state index contributed by atoms with van der Waals surface area (Å²) < 4.78 is 17.0. The molecule has 0 radical (unpaired) electrons. The van der Waals surface area contributed by atoms with Crippen LogP contribution in [-0.4, -0.2) is 23.7 Å². The van der Waals surface area contributed by atoms with E-state index in [1.54, 1.807) is 4.78 Å². The molecule has 2 aliphatic heterocycles. The number of anilines is 2. The van der Waals surface area contributed by atoms with Crippen molar-refractivity contribution in [3.8, 4) is 0 Å². The Morgan fingerprint density at radius 2 is 1.67 bits per heavy atom. The van der Waals surface area contributed by atoms with Crippen LogP contribution in [0.25, 0.3) is 0 Å². The van der Waals surface area contributed by atoms with E-state index in [4.69, 9.17) is 5.10 Å². The fourth-order valence-electron chi connectivity index (χ4n) is 5.35. The minimum atomic E-state index is -3.26. The van der Waals surface area contributed by atoms with Crippen LogP contribution in [0.2, 0.25) is 0 Å². The Kier molecular flexibility index (Phi) is 5.64. The summed E-state index contributed by atoms with van der Waals surface area (Å²) in [5.74, 6) is 0. The Hall–Kier alpha value is -2.52. The number of nitrogens with zero attached hydrogens (tertiary/aromatic N) is 3. The first-order valence-corrected chi connectivity index (χ1v) is 13.8. The number of rotatable bonds is 4. The molecule has 0 saturated carbocycles. The number of aryl methyl sites for hydroxylation is 1. The Morgan fingerprint density at radius 3 is 2.39 bits per heavy atom. The fourth-order valence-corrected chi connectivity index (χ4v) is 8.05. The molecule has 2 aromatic rings. The lowest BCUT2D eigenvalue weighted by atomic mass is 9.78. The molecule has 1 aliphatic carbocycles. The molecule has 0 unspecified atom stereocenters. The van der Waals surface area contributed by atoms with Crippen molar-refractivity contribution in [1.29, 1.82) is 0 Å². The first-order valence-electron chi connectivity index (χ1n) is 12.2. The van der Waals surface area contributed by atoms with Crippen LogP contribution in [0.1, 0.15) is 57.1 Å². The molecule has 2 heterocycles. The molecule has 0 amide bonds.